The van der Waals surface area contributed by atoms with E-state index < -0.39 is 10.9 Å². The summed E-state index contributed by atoms with van der Waals surface area (Å²) in [5.74, 6) is 0.441. The summed E-state index contributed by atoms with van der Waals surface area (Å²) in [4.78, 5) is 24.0. The molecule has 0 unspecified atom stereocenters. The van der Waals surface area contributed by atoms with Gasteiger partial charge in [0, 0.05) is 11.6 Å². The van der Waals surface area contributed by atoms with E-state index in [0.717, 1.165) is 16.9 Å². The second-order valence-electron chi connectivity index (χ2n) is 5.97. The number of fused-ring (bicyclic) bond motifs is 1. The molecule has 3 aromatic carbocycles. The van der Waals surface area contributed by atoms with Crippen LogP contribution in [-0.4, -0.2) is 12.6 Å². The molecule has 0 aliphatic heterocycles. The van der Waals surface area contributed by atoms with Gasteiger partial charge in [-0.25, -0.2) is 9.59 Å². The molecule has 0 fully saturated rings. The van der Waals surface area contributed by atoms with Gasteiger partial charge in [-0.2, -0.15) is 0 Å². The Balaban J connectivity index is 1.72. The Labute approximate surface area is 164 Å². The van der Waals surface area contributed by atoms with Crippen LogP contribution < -0.4 is 14.4 Å². The van der Waals surface area contributed by atoms with Gasteiger partial charge in [0.05, 0.1) is 16.9 Å². The molecule has 0 N–H and O–H groups in total. The number of ether oxygens (including phenoxy) is 2. The van der Waals surface area contributed by atoms with Crippen molar-refractivity contribution in [3.8, 4) is 22.6 Å². The number of carbonyl (C=O) groups is 1. The van der Waals surface area contributed by atoms with Gasteiger partial charge in [-0.1, -0.05) is 47.7 Å². The first kappa shape index (κ1) is 18.0. The van der Waals surface area contributed by atoms with E-state index in [4.69, 9.17) is 13.9 Å². The summed E-state index contributed by atoms with van der Waals surface area (Å²) in [5, 5.41) is 0. The SMILES string of the molecule is CCOc1cccc(C(=O)Oc2cc(-c3ccccc3)c3oc(=O)sc3c2)c1. The summed E-state index contributed by atoms with van der Waals surface area (Å²) < 4.78 is 17.0. The fourth-order valence-electron chi connectivity index (χ4n) is 2.89. The second kappa shape index (κ2) is 7.70. The zero-order chi connectivity index (χ0) is 19.5. The predicted molar refractivity (Wildman–Crippen MR) is 108 cm³/mol. The van der Waals surface area contributed by atoms with Crippen LogP contribution in [0.1, 0.15) is 17.3 Å². The van der Waals surface area contributed by atoms with Crippen molar-refractivity contribution in [2.45, 2.75) is 6.92 Å². The van der Waals surface area contributed by atoms with Crippen LogP contribution in [0.2, 0.25) is 0 Å². The second-order valence-corrected chi connectivity index (χ2v) is 6.95. The monoisotopic (exact) mass is 392 g/mol. The third-order valence-corrected chi connectivity index (χ3v) is 4.86. The van der Waals surface area contributed by atoms with Gasteiger partial charge in [0.15, 0.2) is 5.58 Å². The minimum absolute atomic E-state index is 0.343. The Morgan fingerprint density at radius 2 is 1.82 bits per heavy atom. The van der Waals surface area contributed by atoms with Crippen molar-refractivity contribution in [1.82, 2.24) is 0 Å². The molecule has 0 aliphatic carbocycles. The maximum atomic E-state index is 12.6. The Morgan fingerprint density at radius 1 is 1.00 bits per heavy atom. The quantitative estimate of drug-likeness (QED) is 0.348. The fourth-order valence-corrected chi connectivity index (χ4v) is 3.61. The van der Waals surface area contributed by atoms with Crippen LogP contribution >= 0.6 is 11.3 Å². The molecule has 4 rings (SSSR count). The molecule has 0 aliphatic rings. The van der Waals surface area contributed by atoms with Crippen LogP contribution in [0.25, 0.3) is 21.4 Å². The summed E-state index contributed by atoms with van der Waals surface area (Å²) in [6, 6.07) is 19.7. The van der Waals surface area contributed by atoms with E-state index in [9.17, 15) is 9.59 Å². The van der Waals surface area contributed by atoms with Gasteiger partial charge in [0.1, 0.15) is 11.5 Å². The topological polar surface area (TPSA) is 65.7 Å². The van der Waals surface area contributed by atoms with Gasteiger partial charge >= 0.3 is 10.9 Å². The molecule has 0 radical (unpaired) electrons. The minimum Gasteiger partial charge on any atom is -0.494 e. The summed E-state index contributed by atoms with van der Waals surface area (Å²) in [6.07, 6.45) is 0. The van der Waals surface area contributed by atoms with Gasteiger partial charge in [-0.3, -0.25) is 0 Å². The summed E-state index contributed by atoms with van der Waals surface area (Å²) >= 11 is 0.974. The number of carbonyl (C=O) groups excluding carboxylic acids is 1. The molecule has 0 spiro atoms. The van der Waals surface area contributed by atoms with Crippen molar-refractivity contribution in [2.75, 3.05) is 6.61 Å². The van der Waals surface area contributed by atoms with Crippen molar-refractivity contribution in [3.63, 3.8) is 0 Å². The molecule has 0 saturated heterocycles. The minimum atomic E-state index is -0.504. The Bertz CT molecular complexity index is 1190. The molecule has 0 bridgehead atoms. The van der Waals surface area contributed by atoms with Crippen molar-refractivity contribution >= 4 is 27.6 Å². The molecule has 4 aromatic rings. The fraction of sp³-hybridized carbons (Fsp3) is 0.0909. The maximum absolute atomic E-state index is 12.6. The molecule has 6 heteroatoms. The first-order valence-electron chi connectivity index (χ1n) is 8.72. The van der Waals surface area contributed by atoms with Gasteiger partial charge in [-0.05, 0) is 36.8 Å². The zero-order valence-corrected chi connectivity index (χ0v) is 15.8. The highest BCUT2D eigenvalue weighted by Gasteiger charge is 2.16. The largest absolute Gasteiger partial charge is 0.494 e. The summed E-state index contributed by atoms with van der Waals surface area (Å²) in [6.45, 7) is 2.39. The number of hydrogen-bond donors (Lipinski definition) is 0. The molecular weight excluding hydrogens is 376 g/mol. The lowest BCUT2D eigenvalue weighted by Gasteiger charge is -2.09. The molecule has 0 saturated carbocycles. The summed E-state index contributed by atoms with van der Waals surface area (Å²) in [7, 11) is 0. The number of rotatable bonds is 5. The third-order valence-electron chi connectivity index (χ3n) is 4.08. The van der Waals surface area contributed by atoms with Gasteiger partial charge < -0.3 is 13.9 Å². The van der Waals surface area contributed by atoms with Gasteiger partial charge in [-0.15, -0.1) is 0 Å². The third kappa shape index (κ3) is 3.68. The van der Waals surface area contributed by atoms with Crippen molar-refractivity contribution < 1.29 is 18.7 Å². The lowest BCUT2D eigenvalue weighted by Crippen LogP contribution is -2.08. The van der Waals surface area contributed by atoms with E-state index in [-0.39, 0.29) is 0 Å². The van der Waals surface area contributed by atoms with Crippen LogP contribution in [0.4, 0.5) is 0 Å². The van der Waals surface area contributed by atoms with Crippen molar-refractivity contribution in [1.29, 1.82) is 0 Å². The molecule has 28 heavy (non-hydrogen) atoms. The van der Waals surface area contributed by atoms with Gasteiger partial charge in [0.2, 0.25) is 0 Å². The van der Waals surface area contributed by atoms with E-state index in [0.29, 0.717) is 39.5 Å². The first-order valence-corrected chi connectivity index (χ1v) is 9.54. The van der Waals surface area contributed by atoms with Crippen molar-refractivity contribution in [3.05, 3.63) is 82.0 Å². The zero-order valence-electron chi connectivity index (χ0n) is 15.0. The van der Waals surface area contributed by atoms with Crippen LogP contribution in [0.15, 0.2) is 75.9 Å². The lowest BCUT2D eigenvalue weighted by atomic mass is 10.0. The van der Waals surface area contributed by atoms with E-state index in [1.54, 1.807) is 36.4 Å². The number of esters is 1. The van der Waals surface area contributed by atoms with Crippen molar-refractivity contribution in [2.24, 2.45) is 0 Å². The van der Waals surface area contributed by atoms with E-state index in [2.05, 4.69) is 0 Å². The normalized spacial score (nSPS) is 10.8. The predicted octanol–water partition coefficient (Wildman–Crippen LogP) is 5.14. The smallest absolute Gasteiger partial charge is 0.396 e. The Kier molecular flexibility index (Phi) is 4.95. The lowest BCUT2D eigenvalue weighted by molar-refractivity contribution is 0.0734. The van der Waals surface area contributed by atoms with Crippen LogP contribution in [-0.2, 0) is 0 Å². The highest BCUT2D eigenvalue weighted by Crippen LogP contribution is 2.34. The van der Waals surface area contributed by atoms with E-state index >= 15 is 0 Å². The van der Waals surface area contributed by atoms with Crippen LogP contribution in [0.5, 0.6) is 11.5 Å². The van der Waals surface area contributed by atoms with E-state index in [1.807, 2.05) is 37.3 Å². The number of benzene rings is 3. The van der Waals surface area contributed by atoms with Crippen LogP contribution in [0, 0.1) is 0 Å². The highest BCUT2D eigenvalue weighted by molar-refractivity contribution is 7.16. The molecule has 140 valence electrons. The first-order chi connectivity index (χ1) is 13.6. The average Bonchev–Trinajstić information content (AvgIpc) is 3.08. The molecule has 1 heterocycles. The molecule has 5 nitrogen and oxygen atoms in total. The molecular formula is C22H16O5S. The standard InChI is InChI=1S/C22H16O5S/c1-2-25-16-10-6-9-15(11-16)21(23)26-17-12-18(14-7-4-3-5-8-14)20-19(13-17)28-22(24)27-20/h3-13H,2H2,1H3. The molecule has 1 aromatic heterocycles. The molecule has 0 atom stereocenters. The maximum Gasteiger partial charge on any atom is 0.396 e. The highest BCUT2D eigenvalue weighted by atomic mass is 32.1. The average molecular weight is 392 g/mol. The van der Waals surface area contributed by atoms with Crippen LogP contribution in [0.3, 0.4) is 0 Å². The van der Waals surface area contributed by atoms with Gasteiger partial charge in [0.25, 0.3) is 0 Å². The number of hydrogen-bond acceptors (Lipinski definition) is 6. The molecule has 0 amide bonds. The summed E-state index contributed by atoms with van der Waals surface area (Å²) in [5.41, 5.74) is 2.43. The van der Waals surface area contributed by atoms with E-state index in [1.165, 1.54) is 0 Å². The Hall–Kier alpha value is -3.38. The Morgan fingerprint density at radius 3 is 2.61 bits per heavy atom.